The van der Waals surface area contributed by atoms with E-state index < -0.39 is 5.82 Å². The molecule has 100 valence electrons. The highest BCUT2D eigenvalue weighted by Gasteiger charge is 2.08. The van der Waals surface area contributed by atoms with Gasteiger partial charge >= 0.3 is 0 Å². The number of anilines is 1. The number of benzene rings is 2. The predicted octanol–water partition coefficient (Wildman–Crippen LogP) is 4.98. The molecule has 0 aromatic heterocycles. The van der Waals surface area contributed by atoms with Gasteiger partial charge in [-0.2, -0.15) is 0 Å². The Hall–Kier alpha value is -1.74. The molecule has 2 N–H and O–H groups in total. The summed E-state index contributed by atoms with van der Waals surface area (Å²) in [5, 5.41) is -0.0111. The number of nitrogen functional groups attached to an aromatic ring is 1. The van der Waals surface area contributed by atoms with Crippen LogP contribution in [0.1, 0.15) is 25.3 Å². The Morgan fingerprint density at radius 2 is 1.79 bits per heavy atom. The second-order valence-electron chi connectivity index (χ2n) is 4.63. The maximum absolute atomic E-state index is 13.2. The number of hydrogen-bond acceptors (Lipinski definition) is 2. The number of halogens is 2. The number of hydrogen-bond donors (Lipinski definition) is 1. The van der Waals surface area contributed by atoms with E-state index in [4.69, 9.17) is 22.1 Å². The Morgan fingerprint density at radius 3 is 2.37 bits per heavy atom. The van der Waals surface area contributed by atoms with Crippen LogP contribution in [0.25, 0.3) is 0 Å². The third kappa shape index (κ3) is 3.18. The van der Waals surface area contributed by atoms with Gasteiger partial charge in [-0.3, -0.25) is 0 Å². The molecule has 0 radical (unpaired) electrons. The molecule has 0 heterocycles. The van der Waals surface area contributed by atoms with Crippen LogP contribution < -0.4 is 10.5 Å². The Balaban J connectivity index is 2.24. The van der Waals surface area contributed by atoms with E-state index in [1.54, 1.807) is 0 Å². The van der Waals surface area contributed by atoms with Gasteiger partial charge in [-0.15, -0.1) is 0 Å². The van der Waals surface area contributed by atoms with Crippen LogP contribution in [0.5, 0.6) is 11.5 Å². The fourth-order valence-corrected chi connectivity index (χ4v) is 1.83. The summed E-state index contributed by atoms with van der Waals surface area (Å²) in [5.41, 5.74) is 7.13. The molecule has 2 rings (SSSR count). The molecular formula is C15H15ClFNO. The van der Waals surface area contributed by atoms with E-state index in [0.29, 0.717) is 17.4 Å². The molecule has 19 heavy (non-hydrogen) atoms. The first kappa shape index (κ1) is 13.7. The SMILES string of the molecule is CC(C)c1ccc(Oc2cc(Cl)c(F)cc2N)cc1. The highest BCUT2D eigenvalue weighted by atomic mass is 35.5. The monoisotopic (exact) mass is 279 g/mol. The van der Waals surface area contributed by atoms with Crippen molar-refractivity contribution in [1.29, 1.82) is 0 Å². The van der Waals surface area contributed by atoms with Crippen molar-refractivity contribution in [2.75, 3.05) is 5.73 Å². The molecule has 0 saturated heterocycles. The molecule has 4 heteroatoms. The van der Waals surface area contributed by atoms with E-state index in [9.17, 15) is 4.39 Å². The molecule has 2 aromatic rings. The third-order valence-corrected chi connectivity index (χ3v) is 3.12. The molecule has 0 atom stereocenters. The molecular weight excluding hydrogens is 265 g/mol. The van der Waals surface area contributed by atoms with Crippen LogP contribution >= 0.6 is 11.6 Å². The van der Waals surface area contributed by atoms with E-state index in [1.807, 2.05) is 24.3 Å². The maximum Gasteiger partial charge on any atom is 0.151 e. The molecule has 0 spiro atoms. The predicted molar refractivity (Wildman–Crippen MR) is 76.4 cm³/mol. The summed E-state index contributed by atoms with van der Waals surface area (Å²) in [5.74, 6) is 0.892. The van der Waals surface area contributed by atoms with Crippen LogP contribution in [-0.4, -0.2) is 0 Å². The van der Waals surface area contributed by atoms with E-state index in [1.165, 1.54) is 11.6 Å². The molecule has 2 nitrogen and oxygen atoms in total. The average Bonchev–Trinajstić information content (AvgIpc) is 2.36. The summed E-state index contributed by atoms with van der Waals surface area (Å²) in [6.45, 7) is 4.24. The van der Waals surface area contributed by atoms with Crippen molar-refractivity contribution in [2.24, 2.45) is 0 Å². The van der Waals surface area contributed by atoms with Crippen molar-refractivity contribution in [3.05, 3.63) is 52.8 Å². The first-order chi connectivity index (χ1) is 8.97. The van der Waals surface area contributed by atoms with E-state index in [-0.39, 0.29) is 10.7 Å². The van der Waals surface area contributed by atoms with E-state index in [2.05, 4.69) is 13.8 Å². The zero-order valence-electron chi connectivity index (χ0n) is 10.8. The lowest BCUT2D eigenvalue weighted by Crippen LogP contribution is -1.94. The lowest BCUT2D eigenvalue weighted by Gasteiger charge is -2.11. The van der Waals surface area contributed by atoms with Crippen molar-refractivity contribution in [1.82, 2.24) is 0 Å². The second kappa shape index (κ2) is 5.49. The van der Waals surface area contributed by atoms with Gasteiger partial charge in [-0.25, -0.2) is 4.39 Å². The van der Waals surface area contributed by atoms with Crippen LogP contribution in [0.4, 0.5) is 10.1 Å². The van der Waals surface area contributed by atoms with Crippen LogP contribution in [0, 0.1) is 5.82 Å². The normalized spacial score (nSPS) is 10.8. The van der Waals surface area contributed by atoms with Crippen molar-refractivity contribution in [3.63, 3.8) is 0 Å². The fourth-order valence-electron chi connectivity index (χ4n) is 1.68. The minimum Gasteiger partial charge on any atom is -0.455 e. The first-order valence-corrected chi connectivity index (χ1v) is 6.37. The van der Waals surface area contributed by atoms with Crippen LogP contribution in [-0.2, 0) is 0 Å². The zero-order valence-corrected chi connectivity index (χ0v) is 11.5. The molecule has 0 aliphatic rings. The van der Waals surface area contributed by atoms with Crippen molar-refractivity contribution in [2.45, 2.75) is 19.8 Å². The Bertz CT molecular complexity index is 581. The fraction of sp³-hybridized carbons (Fsp3) is 0.200. The average molecular weight is 280 g/mol. The van der Waals surface area contributed by atoms with E-state index in [0.717, 1.165) is 6.07 Å². The van der Waals surface area contributed by atoms with Crippen LogP contribution in [0.15, 0.2) is 36.4 Å². The Kier molecular flexibility index (Phi) is 3.96. The van der Waals surface area contributed by atoms with Gasteiger partial charge in [0, 0.05) is 12.1 Å². The van der Waals surface area contributed by atoms with Gasteiger partial charge in [-0.1, -0.05) is 37.6 Å². The van der Waals surface area contributed by atoms with Gasteiger partial charge in [0.1, 0.15) is 11.6 Å². The van der Waals surface area contributed by atoms with Crippen molar-refractivity contribution >= 4 is 17.3 Å². The summed E-state index contributed by atoms with van der Waals surface area (Å²) < 4.78 is 18.8. The maximum atomic E-state index is 13.2. The summed E-state index contributed by atoms with van der Waals surface area (Å²) >= 11 is 5.71. The smallest absolute Gasteiger partial charge is 0.151 e. The highest BCUT2D eigenvalue weighted by molar-refractivity contribution is 6.31. The van der Waals surface area contributed by atoms with Gasteiger partial charge in [0.2, 0.25) is 0 Å². The van der Waals surface area contributed by atoms with Gasteiger partial charge in [0.05, 0.1) is 10.7 Å². The molecule has 0 aliphatic heterocycles. The lowest BCUT2D eigenvalue weighted by atomic mass is 10.0. The molecule has 0 aliphatic carbocycles. The Labute approximate surface area is 117 Å². The number of ether oxygens (including phenoxy) is 1. The van der Waals surface area contributed by atoms with Crippen LogP contribution in [0.2, 0.25) is 5.02 Å². The minimum absolute atomic E-state index is 0.0111. The number of rotatable bonds is 3. The number of nitrogens with two attached hydrogens (primary N) is 1. The van der Waals surface area contributed by atoms with Crippen molar-refractivity contribution in [3.8, 4) is 11.5 Å². The molecule has 0 fully saturated rings. The highest BCUT2D eigenvalue weighted by Crippen LogP contribution is 2.32. The van der Waals surface area contributed by atoms with Crippen LogP contribution in [0.3, 0.4) is 0 Å². The molecule has 0 amide bonds. The summed E-state index contributed by atoms with van der Waals surface area (Å²) in [6.07, 6.45) is 0. The van der Waals surface area contributed by atoms with Crippen molar-refractivity contribution < 1.29 is 9.13 Å². The van der Waals surface area contributed by atoms with E-state index >= 15 is 0 Å². The standard InChI is InChI=1S/C15H15ClFNO/c1-9(2)10-3-5-11(6-4-10)19-15-7-12(16)13(17)8-14(15)18/h3-9H,18H2,1-2H3. The Morgan fingerprint density at radius 1 is 1.16 bits per heavy atom. The van der Waals surface area contributed by atoms with Gasteiger partial charge in [0.25, 0.3) is 0 Å². The zero-order chi connectivity index (χ0) is 14.0. The lowest BCUT2D eigenvalue weighted by molar-refractivity contribution is 0.483. The second-order valence-corrected chi connectivity index (χ2v) is 5.04. The van der Waals surface area contributed by atoms with Gasteiger partial charge in [-0.05, 0) is 23.6 Å². The van der Waals surface area contributed by atoms with Gasteiger partial charge < -0.3 is 10.5 Å². The molecule has 2 aromatic carbocycles. The first-order valence-electron chi connectivity index (χ1n) is 5.99. The summed E-state index contributed by atoms with van der Waals surface area (Å²) in [4.78, 5) is 0. The molecule has 0 bridgehead atoms. The quantitative estimate of drug-likeness (QED) is 0.805. The topological polar surface area (TPSA) is 35.2 Å². The van der Waals surface area contributed by atoms with Gasteiger partial charge in [0.15, 0.2) is 5.75 Å². The minimum atomic E-state index is -0.554. The summed E-state index contributed by atoms with van der Waals surface area (Å²) in [6, 6.07) is 10.2. The largest absolute Gasteiger partial charge is 0.455 e. The third-order valence-electron chi connectivity index (χ3n) is 2.83. The summed E-state index contributed by atoms with van der Waals surface area (Å²) in [7, 11) is 0. The molecule has 0 saturated carbocycles. The molecule has 0 unspecified atom stereocenters.